The highest BCUT2D eigenvalue weighted by molar-refractivity contribution is 6.31. The van der Waals surface area contributed by atoms with Gasteiger partial charge >= 0.3 is 11.9 Å². The number of rotatable bonds is 4. The Morgan fingerprint density at radius 1 is 1.00 bits per heavy atom. The molecule has 0 radical (unpaired) electrons. The summed E-state index contributed by atoms with van der Waals surface area (Å²) in [6, 6.07) is 12.9. The molecule has 0 amide bonds. The maximum absolute atomic E-state index is 11.9. The lowest BCUT2D eigenvalue weighted by Gasteiger charge is -2.08. The monoisotopic (exact) mass is 290 g/mol. The number of aromatic carboxylic acids is 1. The Hall–Kier alpha value is -2.33. The molecular weight excluding hydrogens is 280 g/mol. The molecule has 0 aliphatic heterocycles. The minimum Gasteiger partial charge on any atom is -0.478 e. The van der Waals surface area contributed by atoms with Crippen LogP contribution in [0.25, 0.3) is 0 Å². The molecular formula is C15H11ClO4. The predicted molar refractivity (Wildman–Crippen MR) is 74.0 cm³/mol. The topological polar surface area (TPSA) is 63.6 Å². The van der Waals surface area contributed by atoms with Crippen molar-refractivity contribution in [2.75, 3.05) is 0 Å². The van der Waals surface area contributed by atoms with Crippen molar-refractivity contribution in [1.82, 2.24) is 0 Å². The number of ether oxygens (including phenoxy) is 1. The van der Waals surface area contributed by atoms with Crippen LogP contribution >= 0.6 is 11.6 Å². The molecule has 102 valence electrons. The lowest BCUT2D eigenvalue weighted by atomic mass is 10.1. The van der Waals surface area contributed by atoms with Gasteiger partial charge in [-0.25, -0.2) is 9.59 Å². The minimum absolute atomic E-state index is 0.00748. The Morgan fingerprint density at radius 3 is 2.25 bits per heavy atom. The zero-order valence-corrected chi connectivity index (χ0v) is 11.1. The van der Waals surface area contributed by atoms with Gasteiger partial charge in [0, 0.05) is 10.6 Å². The lowest BCUT2D eigenvalue weighted by molar-refractivity contribution is 0.0463. The van der Waals surface area contributed by atoms with E-state index >= 15 is 0 Å². The molecule has 2 rings (SSSR count). The van der Waals surface area contributed by atoms with Crippen molar-refractivity contribution in [3.63, 3.8) is 0 Å². The maximum Gasteiger partial charge on any atom is 0.339 e. The Bertz CT molecular complexity index is 652. The van der Waals surface area contributed by atoms with E-state index in [0.717, 1.165) is 0 Å². The third kappa shape index (κ3) is 3.16. The van der Waals surface area contributed by atoms with Gasteiger partial charge in [-0.3, -0.25) is 0 Å². The van der Waals surface area contributed by atoms with Gasteiger partial charge < -0.3 is 9.84 Å². The zero-order chi connectivity index (χ0) is 14.5. The number of carboxylic acids is 1. The van der Waals surface area contributed by atoms with E-state index in [1.807, 2.05) is 0 Å². The third-order valence-corrected chi connectivity index (χ3v) is 3.06. The Kier molecular flexibility index (Phi) is 4.38. The van der Waals surface area contributed by atoms with Gasteiger partial charge in [-0.2, -0.15) is 0 Å². The SMILES string of the molecule is O=C(O)c1ccccc1C(=O)OCc1ccccc1Cl. The van der Waals surface area contributed by atoms with Gasteiger partial charge in [0.15, 0.2) is 0 Å². The van der Waals surface area contributed by atoms with E-state index in [1.54, 1.807) is 36.4 Å². The van der Waals surface area contributed by atoms with Crippen LogP contribution in [0.1, 0.15) is 26.3 Å². The highest BCUT2D eigenvalue weighted by Crippen LogP contribution is 2.17. The number of hydrogen-bond acceptors (Lipinski definition) is 3. The highest BCUT2D eigenvalue weighted by Gasteiger charge is 2.17. The Labute approximate surface area is 120 Å². The first-order valence-corrected chi connectivity index (χ1v) is 6.20. The molecule has 0 fully saturated rings. The van der Waals surface area contributed by atoms with Crippen LogP contribution in [0, 0.1) is 0 Å². The maximum atomic E-state index is 11.9. The normalized spacial score (nSPS) is 10.1. The number of esters is 1. The van der Waals surface area contributed by atoms with Gasteiger partial charge in [0.1, 0.15) is 6.61 Å². The Morgan fingerprint density at radius 2 is 1.60 bits per heavy atom. The number of benzene rings is 2. The first-order valence-electron chi connectivity index (χ1n) is 5.82. The molecule has 0 unspecified atom stereocenters. The molecule has 0 saturated heterocycles. The average molecular weight is 291 g/mol. The van der Waals surface area contributed by atoms with E-state index < -0.39 is 11.9 Å². The molecule has 0 bridgehead atoms. The van der Waals surface area contributed by atoms with Crippen LogP contribution in [0.2, 0.25) is 5.02 Å². The lowest BCUT2D eigenvalue weighted by Crippen LogP contribution is -2.11. The average Bonchev–Trinajstić information content (AvgIpc) is 2.46. The van der Waals surface area contributed by atoms with Gasteiger partial charge in [-0.1, -0.05) is 41.9 Å². The fraction of sp³-hybridized carbons (Fsp3) is 0.0667. The molecule has 0 heterocycles. The van der Waals surface area contributed by atoms with Crippen molar-refractivity contribution in [3.8, 4) is 0 Å². The van der Waals surface area contributed by atoms with Crippen LogP contribution in [0.3, 0.4) is 0 Å². The van der Waals surface area contributed by atoms with Gasteiger partial charge in [0.05, 0.1) is 11.1 Å². The van der Waals surface area contributed by atoms with Crippen molar-refractivity contribution < 1.29 is 19.4 Å². The molecule has 0 aromatic heterocycles. The van der Waals surface area contributed by atoms with Crippen LogP contribution in [0.15, 0.2) is 48.5 Å². The molecule has 2 aromatic carbocycles. The van der Waals surface area contributed by atoms with Gasteiger partial charge in [0.2, 0.25) is 0 Å². The smallest absolute Gasteiger partial charge is 0.339 e. The fourth-order valence-corrected chi connectivity index (χ4v) is 1.87. The van der Waals surface area contributed by atoms with Crippen LogP contribution in [-0.2, 0) is 11.3 Å². The minimum atomic E-state index is -1.17. The molecule has 1 N–H and O–H groups in total. The van der Waals surface area contributed by atoms with E-state index in [4.69, 9.17) is 21.4 Å². The highest BCUT2D eigenvalue weighted by atomic mass is 35.5. The second-order valence-electron chi connectivity index (χ2n) is 4.02. The summed E-state index contributed by atoms with van der Waals surface area (Å²) in [5.74, 6) is -1.86. The summed E-state index contributed by atoms with van der Waals surface area (Å²) in [4.78, 5) is 23.0. The fourth-order valence-electron chi connectivity index (χ4n) is 1.68. The number of carbonyl (C=O) groups is 2. The predicted octanol–water partition coefficient (Wildman–Crippen LogP) is 3.40. The summed E-state index contributed by atoms with van der Waals surface area (Å²) < 4.78 is 5.10. The van der Waals surface area contributed by atoms with Crippen molar-refractivity contribution >= 4 is 23.5 Å². The standard InChI is InChI=1S/C15H11ClO4/c16-13-8-4-1-5-10(13)9-20-15(19)12-7-3-2-6-11(12)14(17)18/h1-8H,9H2,(H,17,18). The molecule has 0 aliphatic rings. The van der Waals surface area contributed by atoms with Crippen molar-refractivity contribution in [2.45, 2.75) is 6.61 Å². The van der Waals surface area contributed by atoms with E-state index in [2.05, 4.69) is 0 Å². The van der Waals surface area contributed by atoms with Crippen LogP contribution in [0.5, 0.6) is 0 Å². The van der Waals surface area contributed by atoms with Crippen LogP contribution < -0.4 is 0 Å². The molecule has 20 heavy (non-hydrogen) atoms. The molecule has 2 aromatic rings. The number of carbonyl (C=O) groups excluding carboxylic acids is 1. The van der Waals surface area contributed by atoms with Crippen LogP contribution in [-0.4, -0.2) is 17.0 Å². The summed E-state index contributed by atoms with van der Waals surface area (Å²) in [5, 5.41) is 9.51. The van der Waals surface area contributed by atoms with E-state index in [0.29, 0.717) is 10.6 Å². The summed E-state index contributed by atoms with van der Waals surface area (Å²) in [6.07, 6.45) is 0. The second-order valence-corrected chi connectivity index (χ2v) is 4.43. The van der Waals surface area contributed by atoms with E-state index in [-0.39, 0.29) is 17.7 Å². The first kappa shape index (κ1) is 14.1. The Balaban J connectivity index is 2.14. The summed E-state index contributed by atoms with van der Waals surface area (Å²) in [5.41, 5.74) is 0.596. The second kappa shape index (κ2) is 6.21. The first-order chi connectivity index (χ1) is 9.59. The largest absolute Gasteiger partial charge is 0.478 e. The van der Waals surface area contributed by atoms with Gasteiger partial charge in [0.25, 0.3) is 0 Å². The zero-order valence-electron chi connectivity index (χ0n) is 10.4. The molecule has 0 saturated carbocycles. The molecule has 5 heteroatoms. The summed E-state index contributed by atoms with van der Waals surface area (Å²) >= 11 is 5.95. The van der Waals surface area contributed by atoms with Crippen molar-refractivity contribution in [3.05, 3.63) is 70.2 Å². The van der Waals surface area contributed by atoms with Crippen molar-refractivity contribution in [2.24, 2.45) is 0 Å². The number of hydrogen-bond donors (Lipinski definition) is 1. The molecule has 0 spiro atoms. The summed E-state index contributed by atoms with van der Waals surface area (Å²) in [7, 11) is 0. The van der Waals surface area contributed by atoms with Crippen LogP contribution in [0.4, 0.5) is 0 Å². The molecule has 0 aliphatic carbocycles. The summed E-state index contributed by atoms with van der Waals surface area (Å²) in [6.45, 7) is -0.00748. The van der Waals surface area contributed by atoms with E-state index in [1.165, 1.54) is 12.1 Å². The number of carboxylic acid groups (broad SMARTS) is 1. The quantitative estimate of drug-likeness (QED) is 0.877. The molecule has 0 atom stereocenters. The van der Waals surface area contributed by atoms with E-state index in [9.17, 15) is 9.59 Å². The van der Waals surface area contributed by atoms with Gasteiger partial charge in [-0.05, 0) is 18.2 Å². The third-order valence-electron chi connectivity index (χ3n) is 2.69. The van der Waals surface area contributed by atoms with Gasteiger partial charge in [-0.15, -0.1) is 0 Å². The number of halogens is 1. The van der Waals surface area contributed by atoms with Crippen molar-refractivity contribution in [1.29, 1.82) is 0 Å². The molecule has 4 nitrogen and oxygen atoms in total.